The van der Waals surface area contributed by atoms with Gasteiger partial charge in [-0.1, -0.05) is 29.8 Å². The molecule has 2 nitrogen and oxygen atoms in total. The molecule has 0 aliphatic carbocycles. The molecule has 2 aromatic carbocycles. The summed E-state index contributed by atoms with van der Waals surface area (Å²) in [6.45, 7) is 4.19. The van der Waals surface area contributed by atoms with E-state index in [1.54, 1.807) is 0 Å². The third-order valence-electron chi connectivity index (χ3n) is 3.62. The van der Waals surface area contributed by atoms with Gasteiger partial charge in [-0.3, -0.25) is 4.57 Å². The zero-order valence-electron chi connectivity index (χ0n) is 12.0. The van der Waals surface area contributed by atoms with Crippen LogP contribution in [0.5, 0.6) is 0 Å². The predicted molar refractivity (Wildman–Crippen MR) is 90.0 cm³/mol. The molecule has 0 N–H and O–H groups in total. The molecular formula is C17H16Cl2N2. The summed E-state index contributed by atoms with van der Waals surface area (Å²) in [6.07, 6.45) is 0.708. The van der Waals surface area contributed by atoms with Crippen LogP contribution in [0.2, 0.25) is 5.02 Å². The van der Waals surface area contributed by atoms with E-state index in [0.29, 0.717) is 17.3 Å². The summed E-state index contributed by atoms with van der Waals surface area (Å²) < 4.78 is 2.14. The van der Waals surface area contributed by atoms with Crippen LogP contribution in [0, 0.1) is 13.8 Å². The number of hydrogen-bond donors (Lipinski definition) is 0. The average molecular weight is 319 g/mol. The van der Waals surface area contributed by atoms with E-state index in [2.05, 4.69) is 36.6 Å². The molecule has 1 heterocycles. The van der Waals surface area contributed by atoms with Gasteiger partial charge in [0.15, 0.2) is 0 Å². The minimum Gasteiger partial charge on any atom is -0.294 e. The zero-order chi connectivity index (χ0) is 15.0. The van der Waals surface area contributed by atoms with Crippen molar-refractivity contribution in [3.63, 3.8) is 0 Å². The molecule has 0 aliphatic heterocycles. The van der Waals surface area contributed by atoms with Crippen LogP contribution < -0.4 is 0 Å². The lowest BCUT2D eigenvalue weighted by molar-refractivity contribution is 0.906. The maximum Gasteiger partial charge on any atom is 0.115 e. The quantitative estimate of drug-likeness (QED) is 0.616. The number of aryl methyl sites for hydroxylation is 3. The Labute approximate surface area is 134 Å². The summed E-state index contributed by atoms with van der Waals surface area (Å²) in [6, 6.07) is 12.2. The Hall–Kier alpha value is -1.51. The average Bonchev–Trinajstić information content (AvgIpc) is 2.81. The lowest BCUT2D eigenvalue weighted by Gasteiger charge is -2.13. The molecule has 0 spiro atoms. The number of para-hydroxylation sites is 1. The van der Waals surface area contributed by atoms with Crippen molar-refractivity contribution < 1.29 is 0 Å². The second kappa shape index (κ2) is 5.70. The van der Waals surface area contributed by atoms with Gasteiger partial charge in [0.1, 0.15) is 5.82 Å². The van der Waals surface area contributed by atoms with Gasteiger partial charge in [0, 0.05) is 12.3 Å². The molecule has 108 valence electrons. The molecule has 3 rings (SSSR count). The second-order valence-electron chi connectivity index (χ2n) is 5.20. The van der Waals surface area contributed by atoms with E-state index in [1.807, 2.05) is 18.2 Å². The number of rotatable bonds is 3. The van der Waals surface area contributed by atoms with E-state index in [-0.39, 0.29) is 0 Å². The first-order chi connectivity index (χ1) is 10.1. The van der Waals surface area contributed by atoms with E-state index < -0.39 is 0 Å². The molecule has 1 aromatic heterocycles. The van der Waals surface area contributed by atoms with Gasteiger partial charge in [-0.25, -0.2) is 4.98 Å². The summed E-state index contributed by atoms with van der Waals surface area (Å²) >= 11 is 12.4. The first-order valence-electron chi connectivity index (χ1n) is 6.91. The van der Waals surface area contributed by atoms with Crippen LogP contribution in [0.3, 0.4) is 0 Å². The van der Waals surface area contributed by atoms with E-state index in [1.165, 1.54) is 11.1 Å². The van der Waals surface area contributed by atoms with E-state index in [4.69, 9.17) is 28.2 Å². The molecule has 0 radical (unpaired) electrons. The minimum absolute atomic E-state index is 0.534. The molecule has 0 saturated carbocycles. The molecular weight excluding hydrogens is 303 g/mol. The van der Waals surface area contributed by atoms with Crippen LogP contribution in [0.15, 0.2) is 36.4 Å². The molecule has 0 unspecified atom stereocenters. The van der Waals surface area contributed by atoms with Gasteiger partial charge >= 0.3 is 0 Å². The SMILES string of the molecule is Cc1ccc(C)c(-n2c(CCCl)nc3cccc(Cl)c32)c1. The van der Waals surface area contributed by atoms with E-state index in [0.717, 1.165) is 22.5 Å². The van der Waals surface area contributed by atoms with Crippen molar-refractivity contribution in [1.29, 1.82) is 0 Å². The minimum atomic E-state index is 0.534. The Kier molecular flexibility index (Phi) is 3.92. The molecule has 0 amide bonds. The number of nitrogens with zero attached hydrogens (tertiary/aromatic N) is 2. The molecule has 0 saturated heterocycles. The summed E-state index contributed by atoms with van der Waals surface area (Å²) in [5, 5.41) is 0.710. The van der Waals surface area contributed by atoms with Crippen LogP contribution >= 0.6 is 23.2 Å². The van der Waals surface area contributed by atoms with Crippen LogP contribution in [-0.2, 0) is 6.42 Å². The third-order valence-corrected chi connectivity index (χ3v) is 4.11. The maximum atomic E-state index is 6.42. The van der Waals surface area contributed by atoms with Crippen molar-refractivity contribution in [2.24, 2.45) is 0 Å². The first-order valence-corrected chi connectivity index (χ1v) is 7.82. The lowest BCUT2D eigenvalue weighted by Crippen LogP contribution is -2.04. The molecule has 4 heteroatoms. The number of alkyl halides is 1. The third kappa shape index (κ3) is 2.54. The largest absolute Gasteiger partial charge is 0.294 e. The van der Waals surface area contributed by atoms with E-state index in [9.17, 15) is 0 Å². The fraction of sp³-hybridized carbons (Fsp3) is 0.235. The zero-order valence-corrected chi connectivity index (χ0v) is 13.5. The van der Waals surface area contributed by atoms with Crippen LogP contribution in [0.1, 0.15) is 17.0 Å². The van der Waals surface area contributed by atoms with Crippen LogP contribution in [0.4, 0.5) is 0 Å². The molecule has 21 heavy (non-hydrogen) atoms. The lowest BCUT2D eigenvalue weighted by atomic mass is 10.1. The van der Waals surface area contributed by atoms with Crippen molar-refractivity contribution >= 4 is 34.2 Å². The Morgan fingerprint density at radius 2 is 1.95 bits per heavy atom. The molecule has 0 fully saturated rings. The summed E-state index contributed by atoms with van der Waals surface area (Å²) in [4.78, 5) is 4.70. The number of fused-ring (bicyclic) bond motifs is 1. The summed E-state index contributed by atoms with van der Waals surface area (Å²) in [7, 11) is 0. The first kappa shape index (κ1) is 14.4. The van der Waals surface area contributed by atoms with Crippen LogP contribution in [0.25, 0.3) is 16.7 Å². The highest BCUT2D eigenvalue weighted by molar-refractivity contribution is 6.35. The van der Waals surface area contributed by atoms with Gasteiger partial charge in [0.05, 0.1) is 21.7 Å². The topological polar surface area (TPSA) is 17.8 Å². The Bertz CT molecular complexity index is 806. The highest BCUT2D eigenvalue weighted by atomic mass is 35.5. The Morgan fingerprint density at radius 3 is 2.71 bits per heavy atom. The molecule has 3 aromatic rings. The monoisotopic (exact) mass is 318 g/mol. The van der Waals surface area contributed by atoms with Gasteiger partial charge in [0.2, 0.25) is 0 Å². The highest BCUT2D eigenvalue weighted by Crippen LogP contribution is 2.30. The van der Waals surface area contributed by atoms with Crippen molar-refractivity contribution in [2.75, 3.05) is 5.88 Å². The summed E-state index contributed by atoms with van der Waals surface area (Å²) in [5.74, 6) is 1.48. The molecule has 0 aliphatic rings. The summed E-state index contributed by atoms with van der Waals surface area (Å²) in [5.41, 5.74) is 5.37. The van der Waals surface area contributed by atoms with Gasteiger partial charge < -0.3 is 0 Å². The number of aromatic nitrogens is 2. The van der Waals surface area contributed by atoms with Gasteiger partial charge in [-0.15, -0.1) is 11.6 Å². The molecule has 0 atom stereocenters. The Morgan fingerprint density at radius 1 is 1.14 bits per heavy atom. The second-order valence-corrected chi connectivity index (χ2v) is 5.99. The Balaban J connectivity index is 2.38. The fourth-order valence-corrected chi connectivity index (χ4v) is 3.03. The predicted octanol–water partition coefficient (Wildman–Crippen LogP) is 5.08. The number of benzene rings is 2. The normalized spacial score (nSPS) is 11.2. The number of hydrogen-bond acceptors (Lipinski definition) is 1. The smallest absolute Gasteiger partial charge is 0.115 e. The van der Waals surface area contributed by atoms with Crippen molar-refractivity contribution in [1.82, 2.24) is 9.55 Å². The van der Waals surface area contributed by atoms with Crippen molar-refractivity contribution in [2.45, 2.75) is 20.3 Å². The van der Waals surface area contributed by atoms with E-state index >= 15 is 0 Å². The van der Waals surface area contributed by atoms with Gasteiger partial charge in [-0.05, 0) is 43.2 Å². The molecule has 0 bridgehead atoms. The number of halogens is 2. The standard InChI is InChI=1S/C17H16Cl2N2/c1-11-6-7-12(2)15(10-11)21-16(8-9-18)20-14-5-3-4-13(19)17(14)21/h3-7,10H,8-9H2,1-2H3. The van der Waals surface area contributed by atoms with Crippen LogP contribution in [-0.4, -0.2) is 15.4 Å². The van der Waals surface area contributed by atoms with Crippen molar-refractivity contribution in [3.8, 4) is 5.69 Å². The van der Waals surface area contributed by atoms with Crippen molar-refractivity contribution in [3.05, 3.63) is 58.4 Å². The fourth-order valence-electron chi connectivity index (χ4n) is 2.61. The maximum absolute atomic E-state index is 6.42. The van der Waals surface area contributed by atoms with Gasteiger partial charge in [-0.2, -0.15) is 0 Å². The van der Waals surface area contributed by atoms with Gasteiger partial charge in [0.25, 0.3) is 0 Å². The highest BCUT2D eigenvalue weighted by Gasteiger charge is 2.16. The number of imidazole rings is 1.